The molecule has 0 aliphatic heterocycles. The summed E-state index contributed by atoms with van der Waals surface area (Å²) in [5.74, 6) is 0. The van der Waals surface area contributed by atoms with Gasteiger partial charge in [-0.15, -0.1) is 0 Å². The molecule has 3 heteroatoms. The number of nitrogens with zero attached hydrogens (tertiary/aromatic N) is 2. The van der Waals surface area contributed by atoms with Crippen molar-refractivity contribution >= 4 is 17.3 Å². The highest BCUT2D eigenvalue weighted by atomic mass is 35.5. The Morgan fingerprint density at radius 1 is 1.05 bits per heavy atom. The van der Waals surface area contributed by atoms with Gasteiger partial charge in [-0.25, -0.2) is 0 Å². The number of rotatable bonds is 5. The Kier molecular flexibility index (Phi) is 5.03. The van der Waals surface area contributed by atoms with E-state index in [9.17, 15) is 0 Å². The third-order valence-electron chi connectivity index (χ3n) is 3.18. The van der Waals surface area contributed by atoms with Gasteiger partial charge in [-0.3, -0.25) is 0 Å². The lowest BCUT2D eigenvalue weighted by Crippen LogP contribution is -2.23. The molecule has 0 saturated heterocycles. The second-order valence-electron chi connectivity index (χ2n) is 4.79. The molecule has 0 aliphatic rings. The Hall–Kier alpha value is -1.98. The van der Waals surface area contributed by atoms with E-state index in [0.29, 0.717) is 6.42 Å². The van der Waals surface area contributed by atoms with Crippen LogP contribution in [-0.2, 0) is 6.54 Å². The summed E-state index contributed by atoms with van der Waals surface area (Å²) in [6, 6.07) is 18.4. The van der Waals surface area contributed by atoms with E-state index < -0.39 is 0 Å². The van der Waals surface area contributed by atoms with Crippen LogP contribution in [0.5, 0.6) is 0 Å². The zero-order valence-electron chi connectivity index (χ0n) is 11.5. The summed E-state index contributed by atoms with van der Waals surface area (Å²) in [7, 11) is 0. The molecule has 0 aromatic heterocycles. The molecule has 2 aromatic carbocycles. The maximum Gasteiger partial charge on any atom is 0.0640 e. The lowest BCUT2D eigenvalue weighted by atomic mass is 10.1. The van der Waals surface area contributed by atoms with E-state index >= 15 is 0 Å². The van der Waals surface area contributed by atoms with Crippen molar-refractivity contribution in [2.24, 2.45) is 0 Å². The van der Waals surface area contributed by atoms with Crippen LogP contribution in [0.25, 0.3) is 0 Å². The van der Waals surface area contributed by atoms with Crippen molar-refractivity contribution in [3.05, 3.63) is 64.7 Å². The van der Waals surface area contributed by atoms with Gasteiger partial charge in [-0.05, 0) is 36.8 Å². The topological polar surface area (TPSA) is 27.0 Å². The maximum absolute atomic E-state index is 8.81. The SMILES string of the molecule is Cc1ccc(N(CCC#N)Cc2ccc(Cl)cc2)cc1. The second-order valence-corrected chi connectivity index (χ2v) is 5.23. The molecule has 0 spiro atoms. The molecule has 0 fully saturated rings. The highest BCUT2D eigenvalue weighted by Gasteiger charge is 2.07. The van der Waals surface area contributed by atoms with Gasteiger partial charge < -0.3 is 4.90 Å². The number of aryl methyl sites for hydroxylation is 1. The zero-order valence-corrected chi connectivity index (χ0v) is 12.3. The predicted octanol–water partition coefficient (Wildman–Crippen LogP) is 4.57. The summed E-state index contributed by atoms with van der Waals surface area (Å²) in [6.07, 6.45) is 0.515. The van der Waals surface area contributed by atoms with E-state index in [1.165, 1.54) is 11.1 Å². The quantitative estimate of drug-likeness (QED) is 0.804. The van der Waals surface area contributed by atoms with Crippen LogP contribution in [-0.4, -0.2) is 6.54 Å². The number of anilines is 1. The molecule has 0 saturated carbocycles. The number of hydrogen-bond donors (Lipinski definition) is 0. The van der Waals surface area contributed by atoms with Crippen molar-refractivity contribution in [3.8, 4) is 6.07 Å². The van der Waals surface area contributed by atoms with Crippen molar-refractivity contribution in [2.45, 2.75) is 19.9 Å². The summed E-state index contributed by atoms with van der Waals surface area (Å²) >= 11 is 5.91. The Bertz CT molecular complexity index is 582. The molecule has 0 heterocycles. The predicted molar refractivity (Wildman–Crippen MR) is 83.9 cm³/mol. The summed E-state index contributed by atoms with van der Waals surface area (Å²) in [5.41, 5.74) is 3.56. The highest BCUT2D eigenvalue weighted by molar-refractivity contribution is 6.30. The van der Waals surface area contributed by atoms with Gasteiger partial charge in [0.15, 0.2) is 0 Å². The normalized spacial score (nSPS) is 10.1. The first kappa shape index (κ1) is 14.4. The van der Waals surface area contributed by atoms with Crippen LogP contribution in [0, 0.1) is 18.3 Å². The summed E-state index contributed by atoms with van der Waals surface area (Å²) < 4.78 is 0. The monoisotopic (exact) mass is 284 g/mol. The fraction of sp³-hybridized carbons (Fsp3) is 0.235. The molecule has 2 aromatic rings. The number of hydrogen-bond acceptors (Lipinski definition) is 2. The second kappa shape index (κ2) is 6.98. The first-order valence-corrected chi connectivity index (χ1v) is 7.00. The van der Waals surface area contributed by atoms with E-state index in [2.05, 4.69) is 42.2 Å². The van der Waals surface area contributed by atoms with E-state index in [-0.39, 0.29) is 0 Å². The minimum absolute atomic E-state index is 0.515. The molecule has 0 atom stereocenters. The Morgan fingerprint density at radius 3 is 2.30 bits per heavy atom. The molecule has 0 radical (unpaired) electrons. The third-order valence-corrected chi connectivity index (χ3v) is 3.43. The molecule has 2 rings (SSSR count). The van der Waals surface area contributed by atoms with E-state index in [1.807, 2.05) is 24.3 Å². The highest BCUT2D eigenvalue weighted by Crippen LogP contribution is 2.19. The molecule has 0 unspecified atom stereocenters. The van der Waals surface area contributed by atoms with E-state index in [1.54, 1.807) is 0 Å². The minimum Gasteiger partial charge on any atom is -0.366 e. The van der Waals surface area contributed by atoms with Crippen molar-refractivity contribution in [1.82, 2.24) is 0 Å². The van der Waals surface area contributed by atoms with Crippen LogP contribution in [0.3, 0.4) is 0 Å². The van der Waals surface area contributed by atoms with Gasteiger partial charge in [0.2, 0.25) is 0 Å². The molecule has 2 nitrogen and oxygen atoms in total. The molecule has 0 N–H and O–H groups in total. The van der Waals surface area contributed by atoms with Crippen LogP contribution in [0.15, 0.2) is 48.5 Å². The van der Waals surface area contributed by atoms with Crippen molar-refractivity contribution in [2.75, 3.05) is 11.4 Å². The van der Waals surface area contributed by atoms with Crippen molar-refractivity contribution < 1.29 is 0 Å². The Morgan fingerprint density at radius 2 is 1.70 bits per heavy atom. The third kappa shape index (κ3) is 4.01. The van der Waals surface area contributed by atoms with Gasteiger partial charge in [0.1, 0.15) is 0 Å². The summed E-state index contributed by atoms with van der Waals surface area (Å²) in [5, 5.41) is 9.56. The van der Waals surface area contributed by atoms with E-state index in [0.717, 1.165) is 23.8 Å². The molecule has 0 bridgehead atoms. The van der Waals surface area contributed by atoms with Crippen LogP contribution >= 0.6 is 11.6 Å². The largest absolute Gasteiger partial charge is 0.366 e. The standard InChI is InChI=1S/C17H17ClN2/c1-14-3-9-17(10-4-14)20(12-2-11-19)13-15-5-7-16(18)8-6-15/h3-10H,2,12-13H2,1H3. The first-order valence-electron chi connectivity index (χ1n) is 6.62. The average Bonchev–Trinajstić information content (AvgIpc) is 2.46. The fourth-order valence-corrected chi connectivity index (χ4v) is 2.18. The van der Waals surface area contributed by atoms with Gasteiger partial charge in [0.25, 0.3) is 0 Å². The minimum atomic E-state index is 0.515. The molecule has 102 valence electrons. The lowest BCUT2D eigenvalue weighted by Gasteiger charge is -2.24. The van der Waals surface area contributed by atoms with E-state index in [4.69, 9.17) is 16.9 Å². The number of benzene rings is 2. The summed E-state index contributed by atoms with van der Waals surface area (Å²) in [4.78, 5) is 2.21. The van der Waals surface area contributed by atoms with Gasteiger partial charge in [0, 0.05) is 23.8 Å². The molecular weight excluding hydrogens is 268 g/mol. The molecule has 20 heavy (non-hydrogen) atoms. The van der Waals surface area contributed by atoms with Gasteiger partial charge in [-0.2, -0.15) is 5.26 Å². The molecule has 0 amide bonds. The van der Waals surface area contributed by atoms with Crippen LogP contribution in [0.4, 0.5) is 5.69 Å². The smallest absolute Gasteiger partial charge is 0.0640 e. The van der Waals surface area contributed by atoms with Crippen LogP contribution < -0.4 is 4.90 Å². The number of halogens is 1. The van der Waals surface area contributed by atoms with Crippen LogP contribution in [0.2, 0.25) is 5.02 Å². The fourth-order valence-electron chi connectivity index (χ4n) is 2.05. The Labute approximate surface area is 125 Å². The van der Waals surface area contributed by atoms with Crippen molar-refractivity contribution in [3.63, 3.8) is 0 Å². The van der Waals surface area contributed by atoms with Crippen molar-refractivity contribution in [1.29, 1.82) is 5.26 Å². The maximum atomic E-state index is 8.81. The van der Waals surface area contributed by atoms with Gasteiger partial charge in [0.05, 0.1) is 12.5 Å². The molecular formula is C17H17ClN2. The first-order chi connectivity index (χ1) is 9.69. The van der Waals surface area contributed by atoms with Gasteiger partial charge in [-0.1, -0.05) is 41.4 Å². The summed E-state index contributed by atoms with van der Waals surface area (Å²) in [6.45, 7) is 3.58. The average molecular weight is 285 g/mol. The number of nitriles is 1. The zero-order chi connectivity index (χ0) is 14.4. The Balaban J connectivity index is 2.17. The van der Waals surface area contributed by atoms with Gasteiger partial charge >= 0.3 is 0 Å². The molecule has 0 aliphatic carbocycles. The lowest BCUT2D eigenvalue weighted by molar-refractivity contribution is 0.798. The van der Waals surface area contributed by atoms with Crippen LogP contribution in [0.1, 0.15) is 17.5 Å².